The lowest BCUT2D eigenvalue weighted by Crippen LogP contribution is -2.49. The molecule has 0 aromatic heterocycles. The first kappa shape index (κ1) is 26.7. The summed E-state index contributed by atoms with van der Waals surface area (Å²) in [5.41, 5.74) is 7.64. The Labute approximate surface area is 208 Å². The summed E-state index contributed by atoms with van der Waals surface area (Å²) >= 11 is 0. The van der Waals surface area contributed by atoms with Crippen molar-refractivity contribution >= 4 is 11.9 Å². The van der Waals surface area contributed by atoms with Gasteiger partial charge in [0, 0.05) is 12.6 Å². The summed E-state index contributed by atoms with van der Waals surface area (Å²) in [6.07, 6.45) is 2.37. The van der Waals surface area contributed by atoms with E-state index in [0.717, 1.165) is 24.1 Å². The highest BCUT2D eigenvalue weighted by Gasteiger charge is 2.37. The Hall–Kier alpha value is -2.90. The van der Waals surface area contributed by atoms with Gasteiger partial charge in [0.25, 0.3) is 0 Å². The molecule has 2 aromatic carbocycles. The Morgan fingerprint density at radius 1 is 1.14 bits per heavy atom. The zero-order valence-corrected chi connectivity index (χ0v) is 20.8. The first-order valence-electron chi connectivity index (χ1n) is 12.6. The lowest BCUT2D eigenvalue weighted by atomic mass is 9.78. The summed E-state index contributed by atoms with van der Waals surface area (Å²) < 4.78 is 0. The Morgan fingerprint density at radius 2 is 1.89 bits per heavy atom. The number of phenolic OH excluding ortho intramolecular Hbond substituents is 1. The maximum absolute atomic E-state index is 13.5. The second-order valence-electron chi connectivity index (χ2n) is 9.88. The molecule has 1 aliphatic heterocycles. The second-order valence-corrected chi connectivity index (χ2v) is 9.88. The van der Waals surface area contributed by atoms with Crippen molar-refractivity contribution in [1.82, 2.24) is 10.2 Å². The van der Waals surface area contributed by atoms with E-state index in [0.29, 0.717) is 44.2 Å². The lowest BCUT2D eigenvalue weighted by molar-refractivity contribution is -0.143. The summed E-state index contributed by atoms with van der Waals surface area (Å²) in [4.78, 5) is 27.6. The molecular formula is C28H39N3O4. The molecule has 2 aromatic rings. The third-order valence-electron chi connectivity index (χ3n) is 7.33. The maximum Gasteiger partial charge on any atom is 0.326 e. The fourth-order valence-electron chi connectivity index (χ4n) is 5.13. The molecule has 0 radical (unpaired) electrons. The first-order chi connectivity index (χ1) is 16.8. The predicted molar refractivity (Wildman–Crippen MR) is 137 cm³/mol. The van der Waals surface area contributed by atoms with Gasteiger partial charge in [-0.3, -0.25) is 9.69 Å². The van der Waals surface area contributed by atoms with Crippen LogP contribution in [0.25, 0.3) is 0 Å². The van der Waals surface area contributed by atoms with Crippen molar-refractivity contribution in [3.63, 3.8) is 0 Å². The number of amides is 1. The number of benzene rings is 2. The topological polar surface area (TPSA) is 116 Å². The van der Waals surface area contributed by atoms with Crippen molar-refractivity contribution in [2.45, 2.75) is 51.6 Å². The van der Waals surface area contributed by atoms with E-state index < -0.39 is 17.9 Å². The Morgan fingerprint density at radius 3 is 2.54 bits per heavy atom. The van der Waals surface area contributed by atoms with E-state index in [1.807, 2.05) is 48.5 Å². The molecule has 1 heterocycles. The molecule has 1 fully saturated rings. The van der Waals surface area contributed by atoms with Gasteiger partial charge in [0.15, 0.2) is 0 Å². The minimum atomic E-state index is -1.04. The average Bonchev–Trinajstić information content (AvgIpc) is 2.84. The van der Waals surface area contributed by atoms with Crippen LogP contribution in [-0.4, -0.2) is 52.7 Å². The quantitative estimate of drug-likeness (QED) is 0.390. The molecule has 5 atom stereocenters. The molecule has 7 heteroatoms. The number of nitrogens with zero attached hydrogens (tertiary/aromatic N) is 1. The van der Waals surface area contributed by atoms with Gasteiger partial charge >= 0.3 is 5.97 Å². The minimum Gasteiger partial charge on any atom is -0.508 e. The van der Waals surface area contributed by atoms with Crippen molar-refractivity contribution in [3.8, 4) is 5.75 Å². The van der Waals surface area contributed by atoms with Crippen molar-refractivity contribution in [2.75, 3.05) is 19.6 Å². The molecule has 0 bridgehead atoms. The molecule has 0 spiro atoms. The fourth-order valence-corrected chi connectivity index (χ4v) is 5.13. The highest BCUT2D eigenvalue weighted by molar-refractivity contribution is 5.85. The normalized spacial score (nSPS) is 22.3. The molecule has 1 saturated heterocycles. The van der Waals surface area contributed by atoms with Crippen LogP contribution in [0.3, 0.4) is 0 Å². The van der Waals surface area contributed by atoms with Gasteiger partial charge in [-0.1, -0.05) is 56.3 Å². The van der Waals surface area contributed by atoms with E-state index in [-0.39, 0.29) is 17.7 Å². The SMILES string of the molecule is C[C@@H]1CCN(C[C@H](Cc2ccccc2)C(=O)N[C@@H](CCCN)C(=O)O)C(c2cccc(O)c2)[C@@H]1C. The number of carbonyl (C=O) groups excluding carboxylic acids is 1. The van der Waals surface area contributed by atoms with Gasteiger partial charge in [-0.05, 0) is 73.9 Å². The van der Waals surface area contributed by atoms with Gasteiger partial charge in [0.1, 0.15) is 11.8 Å². The van der Waals surface area contributed by atoms with E-state index in [9.17, 15) is 19.8 Å². The monoisotopic (exact) mass is 481 g/mol. The molecule has 0 saturated carbocycles. The van der Waals surface area contributed by atoms with E-state index >= 15 is 0 Å². The number of carboxylic acids is 1. The molecule has 190 valence electrons. The molecule has 1 aliphatic rings. The first-order valence-corrected chi connectivity index (χ1v) is 12.6. The van der Waals surface area contributed by atoms with Gasteiger partial charge in [-0.15, -0.1) is 0 Å². The standard InChI is InChI=1S/C28H39N3O4/c1-19-13-15-31(26(20(19)2)22-10-6-11-24(32)17-22)18-23(16-21-8-4-3-5-9-21)27(33)30-25(28(34)35)12-7-14-29/h3-6,8-11,17,19-20,23,25-26,32H,7,12-16,18,29H2,1-2H3,(H,30,33)(H,34,35)/t19-,20-,23+,25+,26?/m1/s1. The number of phenols is 1. The summed E-state index contributed by atoms with van der Waals surface area (Å²) in [5.74, 6) is -0.634. The highest BCUT2D eigenvalue weighted by atomic mass is 16.4. The van der Waals surface area contributed by atoms with Crippen LogP contribution in [0.1, 0.15) is 50.3 Å². The van der Waals surface area contributed by atoms with Crippen LogP contribution >= 0.6 is 0 Å². The molecule has 1 amide bonds. The van der Waals surface area contributed by atoms with Crippen LogP contribution in [0, 0.1) is 17.8 Å². The number of hydrogen-bond donors (Lipinski definition) is 4. The van der Waals surface area contributed by atoms with E-state index in [4.69, 9.17) is 5.73 Å². The Balaban J connectivity index is 1.87. The maximum atomic E-state index is 13.5. The van der Waals surface area contributed by atoms with Gasteiger partial charge < -0.3 is 21.3 Å². The van der Waals surface area contributed by atoms with E-state index in [1.54, 1.807) is 6.07 Å². The number of carbonyl (C=O) groups is 2. The smallest absolute Gasteiger partial charge is 0.326 e. The molecule has 0 aliphatic carbocycles. The summed E-state index contributed by atoms with van der Waals surface area (Å²) in [5, 5.41) is 22.5. The third kappa shape index (κ3) is 7.29. The van der Waals surface area contributed by atoms with Crippen molar-refractivity contribution in [3.05, 3.63) is 65.7 Å². The van der Waals surface area contributed by atoms with Crippen LogP contribution < -0.4 is 11.1 Å². The van der Waals surface area contributed by atoms with Crippen LogP contribution in [0.5, 0.6) is 5.75 Å². The highest BCUT2D eigenvalue weighted by Crippen LogP contribution is 2.40. The number of nitrogens with two attached hydrogens (primary N) is 1. The molecule has 5 N–H and O–H groups in total. The van der Waals surface area contributed by atoms with Gasteiger partial charge in [-0.2, -0.15) is 0 Å². The van der Waals surface area contributed by atoms with Crippen LogP contribution in [0.4, 0.5) is 0 Å². The number of likely N-dealkylation sites (tertiary alicyclic amines) is 1. The summed E-state index contributed by atoms with van der Waals surface area (Å²) in [7, 11) is 0. The van der Waals surface area contributed by atoms with Crippen molar-refractivity contribution < 1.29 is 19.8 Å². The Bertz CT molecular complexity index is 968. The second kappa shape index (κ2) is 12.7. The van der Waals surface area contributed by atoms with E-state index in [2.05, 4.69) is 24.1 Å². The number of aliphatic carboxylic acids is 1. The molecule has 3 rings (SSSR count). The van der Waals surface area contributed by atoms with Gasteiger partial charge in [-0.25, -0.2) is 4.79 Å². The molecule has 7 nitrogen and oxygen atoms in total. The number of rotatable bonds is 11. The number of hydrogen-bond acceptors (Lipinski definition) is 5. The number of piperidine rings is 1. The Kier molecular flexibility index (Phi) is 9.69. The minimum absolute atomic E-state index is 0.0597. The molecular weight excluding hydrogens is 442 g/mol. The number of carboxylic acid groups (broad SMARTS) is 1. The summed E-state index contributed by atoms with van der Waals surface area (Å²) in [6, 6.07) is 16.3. The largest absolute Gasteiger partial charge is 0.508 e. The third-order valence-corrected chi connectivity index (χ3v) is 7.33. The molecule has 1 unspecified atom stereocenters. The van der Waals surface area contributed by atoms with Crippen LogP contribution in [0.2, 0.25) is 0 Å². The number of nitrogens with one attached hydrogen (secondary N) is 1. The molecule has 35 heavy (non-hydrogen) atoms. The zero-order chi connectivity index (χ0) is 25.4. The fraction of sp³-hybridized carbons (Fsp3) is 0.500. The predicted octanol–water partition coefficient (Wildman–Crippen LogP) is 3.58. The van der Waals surface area contributed by atoms with Crippen LogP contribution in [-0.2, 0) is 16.0 Å². The average molecular weight is 482 g/mol. The summed E-state index contributed by atoms with van der Waals surface area (Å²) in [6.45, 7) is 6.19. The lowest BCUT2D eigenvalue weighted by Gasteiger charge is -2.45. The van der Waals surface area contributed by atoms with Crippen molar-refractivity contribution in [1.29, 1.82) is 0 Å². The van der Waals surface area contributed by atoms with Crippen LogP contribution in [0.15, 0.2) is 54.6 Å². The number of aromatic hydroxyl groups is 1. The van der Waals surface area contributed by atoms with Gasteiger partial charge in [0.2, 0.25) is 5.91 Å². The van der Waals surface area contributed by atoms with Crippen molar-refractivity contribution in [2.24, 2.45) is 23.5 Å². The zero-order valence-electron chi connectivity index (χ0n) is 20.8. The van der Waals surface area contributed by atoms with Gasteiger partial charge in [0.05, 0.1) is 5.92 Å². The van der Waals surface area contributed by atoms with E-state index in [1.165, 1.54) is 0 Å².